The van der Waals surface area contributed by atoms with Gasteiger partial charge in [-0.2, -0.15) is 0 Å². The van der Waals surface area contributed by atoms with Crippen LogP contribution in [0, 0.1) is 0 Å². The van der Waals surface area contributed by atoms with Crippen molar-refractivity contribution < 1.29 is 42.7 Å². The number of nitrogen functional groups attached to an aromatic ring is 1. The van der Waals surface area contributed by atoms with E-state index in [9.17, 15) is 4.79 Å². The first-order valence-corrected chi connectivity index (χ1v) is 11.0. The third-order valence-corrected chi connectivity index (χ3v) is 3.90. The van der Waals surface area contributed by atoms with Gasteiger partial charge in [0, 0.05) is 6.08 Å². The fourth-order valence-corrected chi connectivity index (χ4v) is 2.28. The summed E-state index contributed by atoms with van der Waals surface area (Å²) in [6, 6.07) is 7.35. The number of hydrogen-bond acceptors (Lipinski definition) is 10. The van der Waals surface area contributed by atoms with Crippen molar-refractivity contribution in [1.29, 1.82) is 0 Å². The van der Waals surface area contributed by atoms with Crippen molar-refractivity contribution in [2.75, 3.05) is 98.2 Å². The summed E-state index contributed by atoms with van der Waals surface area (Å²) < 4.78 is 42.6. The van der Waals surface area contributed by atoms with Gasteiger partial charge in [-0.25, -0.2) is 4.79 Å². The lowest BCUT2D eigenvalue weighted by molar-refractivity contribution is -0.139. The smallest absolute Gasteiger partial charge is 0.330 e. The molecule has 188 valence electrons. The molecule has 0 amide bonds. The molecular formula is C23H37NO9. The minimum absolute atomic E-state index is 0.202. The van der Waals surface area contributed by atoms with E-state index in [0.29, 0.717) is 97.3 Å². The third-order valence-electron chi connectivity index (χ3n) is 3.90. The van der Waals surface area contributed by atoms with Gasteiger partial charge in [-0.1, -0.05) is 18.7 Å². The van der Waals surface area contributed by atoms with E-state index in [-0.39, 0.29) is 6.61 Å². The lowest BCUT2D eigenvalue weighted by Crippen LogP contribution is -2.15. The Morgan fingerprint density at radius 1 is 0.667 bits per heavy atom. The lowest BCUT2D eigenvalue weighted by atomic mass is 10.3. The van der Waals surface area contributed by atoms with Gasteiger partial charge in [0.15, 0.2) is 0 Å². The zero-order valence-electron chi connectivity index (χ0n) is 19.2. The minimum Gasteiger partial charge on any atom is -0.489 e. The van der Waals surface area contributed by atoms with Gasteiger partial charge in [-0.15, -0.1) is 0 Å². The first-order chi connectivity index (χ1) is 16.2. The maximum absolute atomic E-state index is 10.8. The molecule has 10 heteroatoms. The lowest BCUT2D eigenvalue weighted by Gasteiger charge is -2.09. The summed E-state index contributed by atoms with van der Waals surface area (Å²) in [5, 5.41) is 0. The van der Waals surface area contributed by atoms with E-state index in [1.807, 2.05) is 18.2 Å². The van der Waals surface area contributed by atoms with Gasteiger partial charge in [0.1, 0.15) is 19.0 Å². The molecule has 10 nitrogen and oxygen atoms in total. The molecule has 0 unspecified atom stereocenters. The highest BCUT2D eigenvalue weighted by Gasteiger charge is 1.98. The van der Waals surface area contributed by atoms with Crippen molar-refractivity contribution in [3.8, 4) is 5.75 Å². The van der Waals surface area contributed by atoms with Gasteiger partial charge < -0.3 is 43.6 Å². The molecule has 0 bridgehead atoms. The Hall–Kier alpha value is -2.21. The summed E-state index contributed by atoms with van der Waals surface area (Å²) in [4.78, 5) is 10.8. The Bertz CT molecular complexity index is 615. The van der Waals surface area contributed by atoms with Gasteiger partial charge in [0.2, 0.25) is 0 Å². The molecule has 0 atom stereocenters. The van der Waals surface area contributed by atoms with E-state index in [1.54, 1.807) is 6.07 Å². The fourth-order valence-electron chi connectivity index (χ4n) is 2.28. The summed E-state index contributed by atoms with van der Waals surface area (Å²) in [6.07, 6.45) is 1.11. The molecule has 0 aliphatic heterocycles. The van der Waals surface area contributed by atoms with Crippen molar-refractivity contribution in [2.45, 2.75) is 0 Å². The van der Waals surface area contributed by atoms with Crippen LogP contribution in [0.5, 0.6) is 5.75 Å². The standard InChI is InChI=1S/C23H37NO9/c1-2-23(25)33-20-18-31-16-14-29-12-10-27-8-7-26-9-11-28-13-15-30-17-19-32-22-6-4-3-5-21(22)24/h2-6H,1,7-20,24H2. The van der Waals surface area contributed by atoms with Crippen molar-refractivity contribution >= 4 is 11.7 Å². The Kier molecular flexibility index (Phi) is 18.9. The molecule has 1 aromatic rings. The van der Waals surface area contributed by atoms with Crippen LogP contribution in [-0.4, -0.2) is 98.5 Å². The van der Waals surface area contributed by atoms with E-state index < -0.39 is 5.97 Å². The van der Waals surface area contributed by atoms with Crippen molar-refractivity contribution in [2.24, 2.45) is 0 Å². The van der Waals surface area contributed by atoms with Crippen molar-refractivity contribution in [3.05, 3.63) is 36.9 Å². The number of rotatable bonds is 23. The van der Waals surface area contributed by atoms with Crippen molar-refractivity contribution in [3.63, 3.8) is 0 Å². The largest absolute Gasteiger partial charge is 0.489 e. The fraction of sp³-hybridized carbons (Fsp3) is 0.609. The van der Waals surface area contributed by atoms with Crippen LogP contribution in [0.3, 0.4) is 0 Å². The molecule has 0 spiro atoms. The zero-order valence-corrected chi connectivity index (χ0v) is 19.2. The highest BCUT2D eigenvalue weighted by molar-refractivity contribution is 5.81. The monoisotopic (exact) mass is 471 g/mol. The summed E-state index contributed by atoms with van der Waals surface area (Å²) in [5.41, 5.74) is 6.41. The van der Waals surface area contributed by atoms with E-state index in [4.69, 9.17) is 43.6 Å². The molecule has 0 aliphatic carbocycles. The van der Waals surface area contributed by atoms with E-state index >= 15 is 0 Å². The number of nitrogens with two attached hydrogens (primary N) is 1. The number of esters is 1. The van der Waals surface area contributed by atoms with E-state index in [1.165, 1.54) is 0 Å². The average Bonchev–Trinajstić information content (AvgIpc) is 2.83. The van der Waals surface area contributed by atoms with Crippen LogP contribution in [0.4, 0.5) is 5.69 Å². The Morgan fingerprint density at radius 3 is 1.48 bits per heavy atom. The molecule has 0 heterocycles. The molecule has 0 aromatic heterocycles. The Labute approximate surface area is 195 Å². The number of ether oxygens (including phenoxy) is 8. The quantitative estimate of drug-likeness (QED) is 0.109. The van der Waals surface area contributed by atoms with Crippen LogP contribution in [0.1, 0.15) is 0 Å². The molecule has 0 fully saturated rings. The topological polar surface area (TPSA) is 117 Å². The summed E-state index contributed by atoms with van der Waals surface area (Å²) in [6.45, 7) is 9.53. The average molecular weight is 472 g/mol. The number of carbonyl (C=O) groups excluding carboxylic acids is 1. The van der Waals surface area contributed by atoms with E-state index in [2.05, 4.69) is 6.58 Å². The molecular weight excluding hydrogens is 434 g/mol. The normalized spacial score (nSPS) is 10.8. The summed E-state index contributed by atoms with van der Waals surface area (Å²) in [5.74, 6) is 0.208. The maximum atomic E-state index is 10.8. The highest BCUT2D eigenvalue weighted by atomic mass is 16.6. The molecule has 0 saturated heterocycles. The second-order valence-electron chi connectivity index (χ2n) is 6.43. The first kappa shape index (κ1) is 28.8. The summed E-state index contributed by atoms with van der Waals surface area (Å²) in [7, 11) is 0. The zero-order chi connectivity index (χ0) is 23.8. The second-order valence-corrected chi connectivity index (χ2v) is 6.43. The van der Waals surface area contributed by atoms with Gasteiger partial charge in [0.05, 0.1) is 85.0 Å². The van der Waals surface area contributed by atoms with E-state index in [0.717, 1.165) is 6.08 Å². The molecule has 33 heavy (non-hydrogen) atoms. The maximum Gasteiger partial charge on any atom is 0.330 e. The van der Waals surface area contributed by atoms with Crippen LogP contribution >= 0.6 is 0 Å². The molecule has 1 aromatic carbocycles. The summed E-state index contributed by atoms with van der Waals surface area (Å²) >= 11 is 0. The first-order valence-electron chi connectivity index (χ1n) is 11.0. The van der Waals surface area contributed by atoms with Crippen LogP contribution in [0.15, 0.2) is 36.9 Å². The SMILES string of the molecule is C=CC(=O)OCCOCCOCCOCCOCCOCCOCCOc1ccccc1N. The molecule has 2 N–H and O–H groups in total. The predicted octanol–water partition coefficient (Wildman–Crippen LogP) is 1.48. The van der Waals surface area contributed by atoms with Crippen LogP contribution in [0.25, 0.3) is 0 Å². The van der Waals surface area contributed by atoms with Crippen LogP contribution in [0.2, 0.25) is 0 Å². The number of para-hydroxylation sites is 2. The molecule has 0 saturated carbocycles. The van der Waals surface area contributed by atoms with Crippen molar-refractivity contribution in [1.82, 2.24) is 0 Å². The number of anilines is 1. The molecule has 1 rings (SSSR count). The van der Waals surface area contributed by atoms with Gasteiger partial charge in [-0.05, 0) is 12.1 Å². The Morgan fingerprint density at radius 2 is 1.06 bits per heavy atom. The van der Waals surface area contributed by atoms with Crippen LogP contribution in [-0.2, 0) is 38.0 Å². The minimum atomic E-state index is -0.457. The van der Waals surface area contributed by atoms with Gasteiger partial charge >= 0.3 is 5.97 Å². The predicted molar refractivity (Wildman–Crippen MR) is 122 cm³/mol. The molecule has 0 radical (unpaired) electrons. The number of hydrogen-bond donors (Lipinski definition) is 1. The highest BCUT2D eigenvalue weighted by Crippen LogP contribution is 2.19. The second kappa shape index (κ2) is 21.6. The Balaban J connectivity index is 1.69. The molecule has 0 aliphatic rings. The van der Waals surface area contributed by atoms with Gasteiger partial charge in [-0.3, -0.25) is 0 Å². The number of carbonyl (C=O) groups is 1. The number of benzene rings is 1. The third kappa shape index (κ3) is 18.0. The van der Waals surface area contributed by atoms with Crippen LogP contribution < -0.4 is 10.5 Å². The van der Waals surface area contributed by atoms with Gasteiger partial charge in [0.25, 0.3) is 0 Å².